The number of nitro benzene ring substituents is 1. The van der Waals surface area contributed by atoms with Crippen LogP contribution in [0.4, 0.5) is 16.2 Å². The second-order valence-electron chi connectivity index (χ2n) is 8.24. The standard InChI is InChI=1S/C27H22BrN3O7/c1-3-37-24-14-17(7-10-23(24)38-15-18-5-4-6-20(12-18)31(35)36)13-21-25(32)29-27(34)30(26(21)33)22-9-8-19(28)11-16(22)2/h4-14H,3,15H2,1-2H3,(H,29,32,34)/b21-13-. The number of aryl methyl sites for hydroxylation is 1. The lowest BCUT2D eigenvalue weighted by Crippen LogP contribution is -2.54. The van der Waals surface area contributed by atoms with E-state index in [9.17, 15) is 24.5 Å². The minimum Gasteiger partial charge on any atom is -0.490 e. The number of carbonyl (C=O) groups excluding carboxylic acids is 3. The molecule has 3 aromatic carbocycles. The van der Waals surface area contributed by atoms with E-state index in [2.05, 4.69) is 21.2 Å². The van der Waals surface area contributed by atoms with Crippen molar-refractivity contribution < 1.29 is 28.8 Å². The zero-order chi connectivity index (χ0) is 27.4. The van der Waals surface area contributed by atoms with E-state index < -0.39 is 22.8 Å². The number of ether oxygens (including phenoxy) is 2. The number of hydrogen-bond acceptors (Lipinski definition) is 7. The lowest BCUT2D eigenvalue weighted by Gasteiger charge is -2.27. The molecule has 0 aliphatic carbocycles. The van der Waals surface area contributed by atoms with E-state index in [0.717, 1.165) is 9.37 Å². The summed E-state index contributed by atoms with van der Waals surface area (Å²) in [6.45, 7) is 3.92. The maximum atomic E-state index is 13.3. The van der Waals surface area contributed by atoms with Crippen LogP contribution in [0.1, 0.15) is 23.6 Å². The van der Waals surface area contributed by atoms with Crippen LogP contribution in [0.25, 0.3) is 6.08 Å². The average Bonchev–Trinajstić information content (AvgIpc) is 2.87. The summed E-state index contributed by atoms with van der Waals surface area (Å²) in [4.78, 5) is 49.9. The number of nitrogens with zero attached hydrogens (tertiary/aromatic N) is 2. The highest BCUT2D eigenvalue weighted by atomic mass is 79.9. The van der Waals surface area contributed by atoms with Gasteiger partial charge in [-0.1, -0.05) is 34.1 Å². The number of nitro groups is 1. The number of benzene rings is 3. The van der Waals surface area contributed by atoms with Crippen molar-refractivity contribution in [1.82, 2.24) is 5.32 Å². The molecule has 0 radical (unpaired) electrons. The zero-order valence-electron chi connectivity index (χ0n) is 20.4. The van der Waals surface area contributed by atoms with E-state index in [0.29, 0.717) is 40.5 Å². The Labute approximate surface area is 226 Å². The highest BCUT2D eigenvalue weighted by molar-refractivity contribution is 9.10. The van der Waals surface area contributed by atoms with Gasteiger partial charge in [0, 0.05) is 16.6 Å². The van der Waals surface area contributed by atoms with Crippen LogP contribution < -0.4 is 19.7 Å². The Bertz CT molecular complexity index is 1490. The highest BCUT2D eigenvalue weighted by Crippen LogP contribution is 2.32. The van der Waals surface area contributed by atoms with E-state index in [4.69, 9.17) is 9.47 Å². The monoisotopic (exact) mass is 579 g/mol. The van der Waals surface area contributed by atoms with Crippen LogP contribution in [0, 0.1) is 17.0 Å². The molecule has 1 N–H and O–H groups in total. The summed E-state index contributed by atoms with van der Waals surface area (Å²) >= 11 is 3.36. The molecule has 0 aromatic heterocycles. The number of hydrogen-bond donors (Lipinski definition) is 1. The van der Waals surface area contributed by atoms with Gasteiger partial charge in [0.15, 0.2) is 11.5 Å². The summed E-state index contributed by atoms with van der Waals surface area (Å²) < 4.78 is 12.3. The summed E-state index contributed by atoms with van der Waals surface area (Å²) in [7, 11) is 0. The van der Waals surface area contributed by atoms with Crippen molar-refractivity contribution in [2.24, 2.45) is 0 Å². The Morgan fingerprint density at radius 2 is 1.82 bits per heavy atom. The van der Waals surface area contributed by atoms with E-state index in [1.165, 1.54) is 18.2 Å². The average molecular weight is 580 g/mol. The maximum Gasteiger partial charge on any atom is 0.335 e. The number of urea groups is 1. The first-order valence-electron chi connectivity index (χ1n) is 11.5. The molecule has 10 nitrogen and oxygen atoms in total. The summed E-state index contributed by atoms with van der Waals surface area (Å²) in [5, 5.41) is 13.2. The van der Waals surface area contributed by atoms with E-state index in [1.807, 2.05) is 0 Å². The Hall–Kier alpha value is -4.51. The molecule has 0 unspecified atom stereocenters. The lowest BCUT2D eigenvalue weighted by atomic mass is 10.1. The van der Waals surface area contributed by atoms with Crippen molar-refractivity contribution in [3.8, 4) is 11.5 Å². The molecule has 1 fully saturated rings. The van der Waals surface area contributed by atoms with E-state index in [-0.39, 0.29) is 17.9 Å². The summed E-state index contributed by atoms with van der Waals surface area (Å²) in [5.74, 6) is -0.835. The minimum atomic E-state index is -0.831. The van der Waals surface area contributed by atoms with E-state index >= 15 is 0 Å². The van der Waals surface area contributed by atoms with Crippen LogP contribution >= 0.6 is 15.9 Å². The molecule has 1 aliphatic rings. The number of non-ortho nitro benzene ring substituents is 1. The van der Waals surface area contributed by atoms with Crippen molar-refractivity contribution in [2.45, 2.75) is 20.5 Å². The van der Waals surface area contributed by atoms with Gasteiger partial charge in [-0.3, -0.25) is 25.0 Å². The number of nitrogens with one attached hydrogen (secondary N) is 1. The fourth-order valence-corrected chi connectivity index (χ4v) is 4.31. The van der Waals surface area contributed by atoms with E-state index in [1.54, 1.807) is 62.4 Å². The van der Waals surface area contributed by atoms with Gasteiger partial charge in [-0.2, -0.15) is 0 Å². The van der Waals surface area contributed by atoms with Gasteiger partial charge in [0.2, 0.25) is 0 Å². The number of imide groups is 2. The molecule has 38 heavy (non-hydrogen) atoms. The van der Waals surface area contributed by atoms with Crippen molar-refractivity contribution in [3.05, 3.63) is 97.5 Å². The second-order valence-corrected chi connectivity index (χ2v) is 9.16. The quantitative estimate of drug-likeness (QED) is 0.166. The normalized spacial score (nSPS) is 14.4. The lowest BCUT2D eigenvalue weighted by molar-refractivity contribution is -0.384. The van der Waals surface area contributed by atoms with Crippen LogP contribution in [0.3, 0.4) is 0 Å². The van der Waals surface area contributed by atoms with Crippen LogP contribution in [0.5, 0.6) is 11.5 Å². The van der Waals surface area contributed by atoms with Crippen molar-refractivity contribution in [1.29, 1.82) is 0 Å². The molecule has 194 valence electrons. The Morgan fingerprint density at radius 3 is 2.53 bits per heavy atom. The van der Waals surface area contributed by atoms with Crippen LogP contribution in [0.15, 0.2) is 70.7 Å². The van der Waals surface area contributed by atoms with Crippen molar-refractivity contribution >= 4 is 51.2 Å². The molecule has 0 saturated carbocycles. The molecule has 0 bridgehead atoms. The predicted molar refractivity (Wildman–Crippen MR) is 143 cm³/mol. The molecule has 4 amide bonds. The molecule has 1 heterocycles. The third kappa shape index (κ3) is 5.73. The number of rotatable bonds is 8. The smallest absolute Gasteiger partial charge is 0.335 e. The molecule has 1 aliphatic heterocycles. The number of amides is 4. The van der Waals surface area contributed by atoms with Crippen LogP contribution in [0.2, 0.25) is 0 Å². The van der Waals surface area contributed by atoms with Gasteiger partial charge in [0.25, 0.3) is 17.5 Å². The molecule has 0 spiro atoms. The number of carbonyl (C=O) groups is 3. The molecule has 3 aromatic rings. The predicted octanol–water partition coefficient (Wildman–Crippen LogP) is 5.31. The maximum absolute atomic E-state index is 13.3. The molecule has 1 saturated heterocycles. The van der Waals surface area contributed by atoms with Crippen LogP contribution in [-0.2, 0) is 16.2 Å². The van der Waals surface area contributed by atoms with Crippen molar-refractivity contribution in [3.63, 3.8) is 0 Å². The number of barbiturate groups is 1. The second kappa shape index (κ2) is 11.3. The highest BCUT2D eigenvalue weighted by Gasteiger charge is 2.37. The topological polar surface area (TPSA) is 128 Å². The Balaban J connectivity index is 1.61. The first-order chi connectivity index (χ1) is 18.2. The van der Waals surface area contributed by atoms with Gasteiger partial charge in [-0.25, -0.2) is 9.69 Å². The van der Waals surface area contributed by atoms with Gasteiger partial charge in [-0.05, 0) is 66.9 Å². The number of anilines is 1. The largest absolute Gasteiger partial charge is 0.490 e. The molecule has 11 heteroatoms. The van der Waals surface area contributed by atoms with Crippen molar-refractivity contribution in [2.75, 3.05) is 11.5 Å². The Kier molecular flexibility index (Phi) is 7.87. The summed E-state index contributed by atoms with van der Waals surface area (Å²) in [5.41, 5.74) is 1.83. The first kappa shape index (κ1) is 26.6. The number of halogens is 1. The zero-order valence-corrected chi connectivity index (χ0v) is 22.0. The minimum absolute atomic E-state index is 0.0422. The van der Waals surface area contributed by atoms with Gasteiger partial charge < -0.3 is 9.47 Å². The first-order valence-corrected chi connectivity index (χ1v) is 12.3. The third-order valence-electron chi connectivity index (χ3n) is 5.60. The summed E-state index contributed by atoms with van der Waals surface area (Å²) in [6.07, 6.45) is 1.37. The Morgan fingerprint density at radius 1 is 1.03 bits per heavy atom. The molecular weight excluding hydrogens is 558 g/mol. The SMILES string of the molecule is CCOc1cc(/C=C2/C(=O)NC(=O)N(c3ccc(Br)cc3C)C2=O)ccc1OCc1cccc([N+](=O)[O-])c1. The van der Waals surface area contributed by atoms with Crippen LogP contribution in [-0.4, -0.2) is 29.4 Å². The fraction of sp³-hybridized carbons (Fsp3) is 0.148. The van der Waals surface area contributed by atoms with Gasteiger partial charge in [0.05, 0.1) is 17.2 Å². The fourth-order valence-electron chi connectivity index (χ4n) is 3.84. The molecule has 4 rings (SSSR count). The molecular formula is C27H22BrN3O7. The third-order valence-corrected chi connectivity index (χ3v) is 6.09. The molecule has 0 atom stereocenters. The van der Waals surface area contributed by atoms with Gasteiger partial charge >= 0.3 is 6.03 Å². The van der Waals surface area contributed by atoms with Gasteiger partial charge in [0.1, 0.15) is 12.2 Å². The van der Waals surface area contributed by atoms with Gasteiger partial charge in [-0.15, -0.1) is 0 Å². The summed E-state index contributed by atoms with van der Waals surface area (Å²) in [6, 6.07) is 15.2.